The first kappa shape index (κ1) is 14.5. The Labute approximate surface area is 119 Å². The van der Waals surface area contributed by atoms with Crippen molar-refractivity contribution >= 4 is 17.3 Å². The molecule has 0 aliphatic heterocycles. The smallest absolute Gasteiger partial charge is 0.416 e. The summed E-state index contributed by atoms with van der Waals surface area (Å²) in [6, 6.07) is 12.0. The molecule has 2 aromatic carbocycles. The van der Waals surface area contributed by atoms with E-state index in [2.05, 4.69) is 0 Å². The highest BCUT2D eigenvalue weighted by molar-refractivity contribution is 7.80. The lowest BCUT2D eigenvalue weighted by atomic mass is 9.99. The van der Waals surface area contributed by atoms with E-state index < -0.39 is 11.7 Å². The van der Waals surface area contributed by atoms with Gasteiger partial charge in [-0.05, 0) is 35.8 Å². The molecule has 0 spiro atoms. The van der Waals surface area contributed by atoms with Gasteiger partial charge in [-0.1, -0.05) is 42.5 Å². The van der Waals surface area contributed by atoms with Crippen molar-refractivity contribution in [3.05, 3.63) is 70.8 Å². The standard InChI is InChI=1S/C15H11F3OS/c16-15(17,18)12-6-3-4-10(9-12)8-11-5-1-2-7-13(11)14(19)20/h1-7,9H,8H2,(H,19,20). The maximum absolute atomic E-state index is 12.7. The highest BCUT2D eigenvalue weighted by atomic mass is 32.1. The van der Waals surface area contributed by atoms with Crippen molar-refractivity contribution in [1.82, 2.24) is 0 Å². The van der Waals surface area contributed by atoms with Gasteiger partial charge in [0.25, 0.3) is 0 Å². The van der Waals surface area contributed by atoms with Crippen molar-refractivity contribution in [2.75, 3.05) is 0 Å². The lowest BCUT2D eigenvalue weighted by molar-refractivity contribution is -0.137. The van der Waals surface area contributed by atoms with Crippen LogP contribution >= 0.6 is 12.2 Å². The molecule has 0 unspecified atom stereocenters. The fourth-order valence-corrected chi connectivity index (χ4v) is 2.16. The Morgan fingerprint density at radius 3 is 2.40 bits per heavy atom. The van der Waals surface area contributed by atoms with E-state index in [4.69, 9.17) is 12.2 Å². The Morgan fingerprint density at radius 2 is 1.75 bits per heavy atom. The van der Waals surface area contributed by atoms with Gasteiger partial charge < -0.3 is 5.11 Å². The molecule has 0 aliphatic rings. The number of hydrogen-bond donors (Lipinski definition) is 1. The van der Waals surface area contributed by atoms with Crippen LogP contribution in [0.2, 0.25) is 0 Å². The zero-order valence-corrected chi connectivity index (χ0v) is 11.1. The first-order chi connectivity index (χ1) is 9.38. The summed E-state index contributed by atoms with van der Waals surface area (Å²) < 4.78 is 38.0. The number of aliphatic hydroxyl groups excluding tert-OH is 1. The van der Waals surface area contributed by atoms with E-state index in [1.807, 2.05) is 0 Å². The van der Waals surface area contributed by atoms with Crippen LogP contribution in [0.4, 0.5) is 13.2 Å². The van der Waals surface area contributed by atoms with E-state index in [1.54, 1.807) is 30.3 Å². The van der Waals surface area contributed by atoms with Crippen molar-refractivity contribution in [2.24, 2.45) is 0 Å². The minimum atomic E-state index is -4.36. The SMILES string of the molecule is OC(=S)c1ccccc1Cc1cccc(C(F)(F)F)c1. The van der Waals surface area contributed by atoms with Gasteiger partial charge in [0.05, 0.1) is 5.56 Å². The molecular formula is C15H11F3OS. The van der Waals surface area contributed by atoms with Gasteiger partial charge in [-0.2, -0.15) is 13.2 Å². The number of rotatable bonds is 3. The van der Waals surface area contributed by atoms with E-state index in [0.717, 1.165) is 12.1 Å². The van der Waals surface area contributed by atoms with Crippen molar-refractivity contribution in [3.8, 4) is 0 Å². The predicted molar refractivity (Wildman–Crippen MR) is 75.0 cm³/mol. The normalized spacial score (nSPS) is 11.3. The summed E-state index contributed by atoms with van der Waals surface area (Å²) in [5.74, 6) is 0. The third-order valence-corrected chi connectivity index (χ3v) is 3.12. The molecule has 1 N–H and O–H groups in total. The van der Waals surface area contributed by atoms with Crippen molar-refractivity contribution < 1.29 is 18.3 Å². The summed E-state index contributed by atoms with van der Waals surface area (Å²) in [6.07, 6.45) is -4.08. The Balaban J connectivity index is 2.34. The van der Waals surface area contributed by atoms with Crippen LogP contribution in [-0.4, -0.2) is 10.2 Å². The van der Waals surface area contributed by atoms with Crippen LogP contribution in [0.5, 0.6) is 0 Å². The molecule has 0 aromatic heterocycles. The lowest BCUT2D eigenvalue weighted by Gasteiger charge is -2.10. The number of aliphatic hydroxyl groups is 1. The van der Waals surface area contributed by atoms with Crippen molar-refractivity contribution in [3.63, 3.8) is 0 Å². The van der Waals surface area contributed by atoms with Gasteiger partial charge in [0.15, 0.2) is 5.05 Å². The fourth-order valence-electron chi connectivity index (χ4n) is 1.96. The Morgan fingerprint density at radius 1 is 1.05 bits per heavy atom. The van der Waals surface area contributed by atoms with E-state index in [1.165, 1.54) is 6.07 Å². The zero-order valence-electron chi connectivity index (χ0n) is 10.3. The van der Waals surface area contributed by atoms with Crippen LogP contribution in [0.15, 0.2) is 48.5 Å². The monoisotopic (exact) mass is 296 g/mol. The molecule has 0 atom stereocenters. The van der Waals surface area contributed by atoms with Gasteiger partial charge in [0, 0.05) is 5.56 Å². The third kappa shape index (κ3) is 3.36. The van der Waals surface area contributed by atoms with Crippen LogP contribution < -0.4 is 0 Å². The molecule has 2 aromatic rings. The van der Waals surface area contributed by atoms with Gasteiger partial charge >= 0.3 is 6.18 Å². The Hall–Kier alpha value is -1.88. The highest BCUT2D eigenvalue weighted by Gasteiger charge is 2.30. The largest absolute Gasteiger partial charge is 0.499 e. The van der Waals surface area contributed by atoms with Crippen LogP contribution in [0, 0.1) is 0 Å². The summed E-state index contributed by atoms with van der Waals surface area (Å²) in [7, 11) is 0. The molecule has 0 amide bonds. The lowest BCUT2D eigenvalue weighted by Crippen LogP contribution is -2.06. The molecule has 0 bridgehead atoms. The van der Waals surface area contributed by atoms with E-state index >= 15 is 0 Å². The molecule has 2 rings (SSSR count). The van der Waals surface area contributed by atoms with Crippen molar-refractivity contribution in [1.29, 1.82) is 0 Å². The summed E-state index contributed by atoms with van der Waals surface area (Å²) in [5.41, 5.74) is 1.00. The minimum Gasteiger partial charge on any atom is -0.499 e. The summed E-state index contributed by atoms with van der Waals surface area (Å²) in [5, 5.41) is 9.16. The van der Waals surface area contributed by atoms with Gasteiger partial charge in [-0.15, -0.1) is 0 Å². The van der Waals surface area contributed by atoms with Crippen LogP contribution in [0.1, 0.15) is 22.3 Å². The number of benzene rings is 2. The molecule has 1 nitrogen and oxygen atoms in total. The first-order valence-electron chi connectivity index (χ1n) is 5.85. The summed E-state index contributed by atoms with van der Waals surface area (Å²) in [4.78, 5) is 0. The topological polar surface area (TPSA) is 20.2 Å². The minimum absolute atomic E-state index is 0.257. The van der Waals surface area contributed by atoms with Gasteiger partial charge in [0.2, 0.25) is 0 Å². The second-order valence-corrected chi connectivity index (χ2v) is 4.72. The number of hydrogen-bond acceptors (Lipinski definition) is 1. The number of alkyl halides is 3. The molecule has 0 saturated carbocycles. The van der Waals surface area contributed by atoms with E-state index in [9.17, 15) is 18.3 Å². The maximum Gasteiger partial charge on any atom is 0.416 e. The molecule has 5 heteroatoms. The molecule has 0 radical (unpaired) electrons. The predicted octanol–water partition coefficient (Wildman–Crippen LogP) is 4.53. The average molecular weight is 296 g/mol. The van der Waals surface area contributed by atoms with Crippen LogP contribution in [-0.2, 0) is 12.6 Å². The molecule has 0 aliphatic carbocycles. The Bertz CT molecular complexity index is 635. The summed E-state index contributed by atoms with van der Waals surface area (Å²) in [6.45, 7) is 0. The first-order valence-corrected chi connectivity index (χ1v) is 6.26. The molecule has 0 saturated heterocycles. The van der Waals surface area contributed by atoms with Crippen molar-refractivity contribution in [2.45, 2.75) is 12.6 Å². The molecule has 0 heterocycles. The average Bonchev–Trinajstić information content (AvgIpc) is 2.38. The Kier molecular flexibility index (Phi) is 4.09. The second kappa shape index (κ2) is 5.63. The van der Waals surface area contributed by atoms with E-state index in [-0.39, 0.29) is 11.5 Å². The third-order valence-electron chi connectivity index (χ3n) is 2.90. The van der Waals surface area contributed by atoms with E-state index in [0.29, 0.717) is 16.7 Å². The molecule has 20 heavy (non-hydrogen) atoms. The number of halogens is 3. The van der Waals surface area contributed by atoms with Gasteiger partial charge in [0.1, 0.15) is 0 Å². The van der Waals surface area contributed by atoms with Crippen LogP contribution in [0.3, 0.4) is 0 Å². The summed E-state index contributed by atoms with van der Waals surface area (Å²) >= 11 is 4.73. The second-order valence-electron chi connectivity index (χ2n) is 4.34. The fraction of sp³-hybridized carbons (Fsp3) is 0.133. The highest BCUT2D eigenvalue weighted by Crippen LogP contribution is 2.30. The molecular weight excluding hydrogens is 285 g/mol. The van der Waals surface area contributed by atoms with Crippen LogP contribution in [0.25, 0.3) is 0 Å². The molecule has 104 valence electrons. The van der Waals surface area contributed by atoms with Gasteiger partial charge in [-0.3, -0.25) is 0 Å². The van der Waals surface area contributed by atoms with Gasteiger partial charge in [-0.25, -0.2) is 0 Å². The zero-order chi connectivity index (χ0) is 14.8. The quantitative estimate of drug-likeness (QED) is 0.840. The maximum atomic E-state index is 12.7. The number of thiocarbonyl (C=S) groups is 1. The molecule has 0 fully saturated rings.